The van der Waals surface area contributed by atoms with E-state index in [0.29, 0.717) is 11.4 Å². The van der Waals surface area contributed by atoms with Crippen LogP contribution in [0.2, 0.25) is 0 Å². The molecule has 0 aliphatic carbocycles. The van der Waals surface area contributed by atoms with Crippen LogP contribution < -0.4 is 20.7 Å². The molecular weight excluding hydrogens is 599 g/mol. The summed E-state index contributed by atoms with van der Waals surface area (Å²) in [5.41, 5.74) is 5.57. The molecule has 0 spiro atoms. The molecule has 0 aliphatic rings. The molecule has 224 valence electrons. The van der Waals surface area contributed by atoms with Gasteiger partial charge in [0.05, 0.1) is 29.9 Å². The summed E-state index contributed by atoms with van der Waals surface area (Å²) in [4.78, 5) is 7.80. The first kappa shape index (κ1) is 29.0. The van der Waals surface area contributed by atoms with Gasteiger partial charge < -0.3 is 4.57 Å². The molecular formula is C44H29N3Si. The predicted molar refractivity (Wildman–Crippen MR) is 202 cm³/mol. The van der Waals surface area contributed by atoms with Gasteiger partial charge in [-0.05, 0) is 56.1 Å². The van der Waals surface area contributed by atoms with E-state index in [4.69, 9.17) is 13.1 Å². The molecule has 0 radical (unpaired) electrons. The highest BCUT2D eigenvalue weighted by molar-refractivity contribution is 7.19. The van der Waals surface area contributed by atoms with E-state index in [2.05, 4.69) is 166 Å². The van der Waals surface area contributed by atoms with Gasteiger partial charge in [0.1, 0.15) is 0 Å². The van der Waals surface area contributed by atoms with Crippen LogP contribution in [0.1, 0.15) is 0 Å². The lowest BCUT2D eigenvalue weighted by Gasteiger charge is -2.34. The van der Waals surface area contributed by atoms with Crippen LogP contribution in [0.3, 0.4) is 0 Å². The molecule has 0 N–H and O–H groups in total. The Hall–Kier alpha value is -6.46. The van der Waals surface area contributed by atoms with E-state index in [9.17, 15) is 0 Å². The summed E-state index contributed by atoms with van der Waals surface area (Å²) in [6.45, 7) is 16.2. The Bertz CT molecular complexity index is 2350. The fraction of sp³-hybridized carbons (Fsp3) is 0. The van der Waals surface area contributed by atoms with Gasteiger partial charge in [0.15, 0.2) is 13.8 Å². The summed E-state index contributed by atoms with van der Waals surface area (Å²) in [5, 5.41) is 7.46. The minimum Gasteiger partial charge on any atom is -0.318 e. The zero-order valence-electron chi connectivity index (χ0n) is 26.1. The van der Waals surface area contributed by atoms with Crippen molar-refractivity contribution in [2.24, 2.45) is 0 Å². The van der Waals surface area contributed by atoms with E-state index in [1.807, 2.05) is 18.2 Å². The van der Waals surface area contributed by atoms with Gasteiger partial charge in [0.2, 0.25) is 5.69 Å². The highest BCUT2D eigenvalue weighted by atomic mass is 28.3. The van der Waals surface area contributed by atoms with Gasteiger partial charge in [-0.15, -0.1) is 0 Å². The van der Waals surface area contributed by atoms with Gasteiger partial charge in [-0.2, -0.15) is 0 Å². The molecule has 3 nitrogen and oxygen atoms in total. The van der Waals surface area contributed by atoms with Crippen molar-refractivity contribution < 1.29 is 0 Å². The molecule has 0 saturated heterocycles. The van der Waals surface area contributed by atoms with Crippen LogP contribution in [-0.4, -0.2) is 12.6 Å². The summed E-state index contributed by atoms with van der Waals surface area (Å²) < 4.78 is 2.20. The van der Waals surface area contributed by atoms with Gasteiger partial charge in [-0.25, -0.2) is 9.69 Å². The molecule has 4 heteroatoms. The van der Waals surface area contributed by atoms with Crippen LogP contribution in [0.5, 0.6) is 0 Å². The van der Waals surface area contributed by atoms with Gasteiger partial charge in [-0.3, -0.25) is 0 Å². The van der Waals surface area contributed by atoms with Crippen LogP contribution in [0.25, 0.3) is 48.3 Å². The van der Waals surface area contributed by atoms with Crippen molar-refractivity contribution in [2.75, 3.05) is 0 Å². The number of aromatic nitrogens is 1. The molecule has 8 aromatic rings. The van der Waals surface area contributed by atoms with Crippen molar-refractivity contribution in [3.8, 4) is 16.8 Å². The normalized spacial score (nSPS) is 11.3. The van der Waals surface area contributed by atoms with Crippen molar-refractivity contribution >= 4 is 62.0 Å². The minimum atomic E-state index is -2.70. The molecule has 7 aromatic carbocycles. The van der Waals surface area contributed by atoms with Gasteiger partial charge >= 0.3 is 0 Å². The number of hydrogen-bond donors (Lipinski definition) is 0. The quantitative estimate of drug-likeness (QED) is 0.0993. The van der Waals surface area contributed by atoms with Crippen molar-refractivity contribution in [2.45, 2.75) is 0 Å². The predicted octanol–water partition coefficient (Wildman–Crippen LogP) is 8.93. The largest absolute Gasteiger partial charge is 0.318 e. The minimum absolute atomic E-state index is 0.450. The Morgan fingerprint density at radius 3 is 1.33 bits per heavy atom. The lowest BCUT2D eigenvalue weighted by molar-refractivity contribution is 1.19. The third kappa shape index (κ3) is 4.55. The van der Waals surface area contributed by atoms with Crippen molar-refractivity contribution in [1.29, 1.82) is 0 Å². The second-order valence-corrected chi connectivity index (χ2v) is 15.7. The molecule has 0 aliphatic heterocycles. The van der Waals surface area contributed by atoms with E-state index >= 15 is 0 Å². The zero-order valence-corrected chi connectivity index (χ0v) is 27.1. The number of hydrogen-bond acceptors (Lipinski definition) is 0. The Morgan fingerprint density at radius 1 is 0.438 bits per heavy atom. The molecule has 0 bridgehead atoms. The summed E-state index contributed by atoms with van der Waals surface area (Å²) >= 11 is 0. The van der Waals surface area contributed by atoms with Crippen molar-refractivity contribution in [1.82, 2.24) is 4.57 Å². The number of benzene rings is 7. The Morgan fingerprint density at radius 2 is 0.875 bits per heavy atom. The van der Waals surface area contributed by atoms with E-state index in [0.717, 1.165) is 38.6 Å². The standard InChI is InChI=1S/C44H29N3Si/c1-45-33-30-40(44(41(31-33)46-2)47-42-24-14-12-22-38(42)39-23-13-15-25-43(39)47)32-26-28-37(29-27-32)48(34-16-6-3-7-17-34,35-18-8-4-9-19-35)36-20-10-5-11-21-36/h3-31H. The van der Waals surface area contributed by atoms with E-state index in [-0.39, 0.29) is 0 Å². The Kier molecular flexibility index (Phi) is 7.27. The van der Waals surface area contributed by atoms with Crippen LogP contribution >= 0.6 is 0 Å². The average Bonchev–Trinajstić information content (AvgIpc) is 3.50. The average molecular weight is 628 g/mol. The molecule has 0 amide bonds. The van der Waals surface area contributed by atoms with E-state index in [1.165, 1.54) is 20.7 Å². The Labute approximate surface area is 281 Å². The first-order valence-electron chi connectivity index (χ1n) is 15.9. The molecule has 0 unspecified atom stereocenters. The zero-order chi connectivity index (χ0) is 32.5. The smallest absolute Gasteiger partial charge is 0.201 e. The topological polar surface area (TPSA) is 13.7 Å². The number of fused-ring (bicyclic) bond motifs is 3. The fourth-order valence-corrected chi connectivity index (χ4v) is 12.1. The SMILES string of the molecule is [C-]#[N+]c1cc([N+]#[C-])c(-n2c3ccccc3c3ccccc32)c(-c2ccc([Si](c3ccccc3)(c3ccccc3)c3ccccc3)cc2)c1. The first-order valence-corrected chi connectivity index (χ1v) is 17.9. The second kappa shape index (κ2) is 12.0. The van der Waals surface area contributed by atoms with Gasteiger partial charge in [0.25, 0.3) is 0 Å². The molecule has 0 atom stereocenters. The van der Waals surface area contributed by atoms with Crippen molar-refractivity contribution in [3.05, 3.63) is 199 Å². The number of para-hydroxylation sites is 2. The highest BCUT2D eigenvalue weighted by Crippen LogP contribution is 2.43. The van der Waals surface area contributed by atoms with Gasteiger partial charge in [0, 0.05) is 10.8 Å². The molecule has 0 fully saturated rings. The molecule has 0 saturated carbocycles. The summed E-state index contributed by atoms with van der Waals surface area (Å²) in [7, 11) is -2.70. The summed E-state index contributed by atoms with van der Waals surface area (Å²) in [6.07, 6.45) is 0. The maximum Gasteiger partial charge on any atom is 0.201 e. The van der Waals surface area contributed by atoms with E-state index < -0.39 is 8.07 Å². The van der Waals surface area contributed by atoms with Crippen molar-refractivity contribution in [3.63, 3.8) is 0 Å². The third-order valence-electron chi connectivity index (χ3n) is 9.38. The van der Waals surface area contributed by atoms with E-state index in [1.54, 1.807) is 6.07 Å². The summed E-state index contributed by atoms with van der Waals surface area (Å²) in [6, 6.07) is 61.9. The maximum absolute atomic E-state index is 8.25. The van der Waals surface area contributed by atoms with Crippen LogP contribution in [0.15, 0.2) is 176 Å². The first-order chi connectivity index (χ1) is 23.7. The fourth-order valence-electron chi connectivity index (χ4n) is 7.34. The lowest BCUT2D eigenvalue weighted by Crippen LogP contribution is -2.74. The molecule has 1 heterocycles. The third-order valence-corrected chi connectivity index (χ3v) is 14.2. The lowest BCUT2D eigenvalue weighted by atomic mass is 10.0. The number of rotatable bonds is 6. The molecule has 48 heavy (non-hydrogen) atoms. The molecule has 8 rings (SSSR count). The maximum atomic E-state index is 8.25. The van der Waals surface area contributed by atoms with Crippen LogP contribution in [0, 0.1) is 13.1 Å². The van der Waals surface area contributed by atoms with Crippen LogP contribution in [-0.2, 0) is 0 Å². The highest BCUT2D eigenvalue weighted by Gasteiger charge is 2.41. The van der Waals surface area contributed by atoms with Crippen LogP contribution in [0.4, 0.5) is 11.4 Å². The second-order valence-electron chi connectivity index (χ2n) is 11.9. The molecule has 1 aromatic heterocycles. The number of nitrogens with zero attached hydrogens (tertiary/aromatic N) is 3. The van der Waals surface area contributed by atoms with Gasteiger partial charge in [-0.1, -0.05) is 152 Å². The monoisotopic (exact) mass is 627 g/mol. The summed E-state index contributed by atoms with van der Waals surface area (Å²) in [5.74, 6) is 0. The Balaban J connectivity index is 1.40.